The minimum Gasteiger partial charge on any atom is -0.494 e. The Morgan fingerprint density at radius 3 is 2.74 bits per heavy atom. The molecule has 6 rings (SSSR count). The fourth-order valence-electron chi connectivity index (χ4n) is 5.75. The van der Waals surface area contributed by atoms with Gasteiger partial charge >= 0.3 is 0 Å². The van der Waals surface area contributed by atoms with Crippen LogP contribution in [0.2, 0.25) is 0 Å². The van der Waals surface area contributed by atoms with Crippen LogP contribution in [0, 0.1) is 5.92 Å². The lowest BCUT2D eigenvalue weighted by Gasteiger charge is -2.38. The van der Waals surface area contributed by atoms with Gasteiger partial charge < -0.3 is 10.1 Å². The van der Waals surface area contributed by atoms with E-state index in [0.717, 1.165) is 46.7 Å². The number of para-hydroxylation sites is 2. The number of fused-ring (bicyclic) bond motifs is 4. The summed E-state index contributed by atoms with van der Waals surface area (Å²) in [5.74, 6) is 1.38. The van der Waals surface area contributed by atoms with Crippen LogP contribution in [0.4, 0.5) is 11.4 Å². The zero-order valence-electron chi connectivity index (χ0n) is 19.1. The quantitative estimate of drug-likeness (QED) is 0.487. The van der Waals surface area contributed by atoms with E-state index >= 15 is 0 Å². The maximum atomic E-state index is 13.6. The molecule has 1 aliphatic carbocycles. The van der Waals surface area contributed by atoms with E-state index in [4.69, 9.17) is 4.74 Å². The molecule has 2 heterocycles. The second-order valence-corrected chi connectivity index (χ2v) is 11.0. The van der Waals surface area contributed by atoms with Gasteiger partial charge in [-0.05, 0) is 67.1 Å². The molecule has 0 saturated carbocycles. The minimum atomic E-state index is -3.63. The molecule has 34 heavy (non-hydrogen) atoms. The van der Waals surface area contributed by atoms with Crippen molar-refractivity contribution in [3.8, 4) is 5.75 Å². The second-order valence-electron chi connectivity index (χ2n) is 9.15. The SMILES string of the molecule is CCOc1ccccc1C1Nc2ccc(S(=O)(=O)N3CCc4ccccc43)cc2C2C=CCC21. The maximum absolute atomic E-state index is 13.6. The summed E-state index contributed by atoms with van der Waals surface area (Å²) in [6.07, 6.45) is 6.15. The number of hydrogen-bond acceptors (Lipinski definition) is 4. The highest BCUT2D eigenvalue weighted by Gasteiger charge is 2.40. The lowest BCUT2D eigenvalue weighted by atomic mass is 9.77. The van der Waals surface area contributed by atoms with Crippen molar-refractivity contribution in [1.82, 2.24) is 0 Å². The second kappa shape index (κ2) is 8.20. The van der Waals surface area contributed by atoms with Crippen LogP contribution >= 0.6 is 0 Å². The maximum Gasteiger partial charge on any atom is 0.264 e. The largest absolute Gasteiger partial charge is 0.494 e. The average Bonchev–Trinajstić information content (AvgIpc) is 3.52. The first-order chi connectivity index (χ1) is 16.6. The third kappa shape index (κ3) is 3.31. The van der Waals surface area contributed by atoms with Gasteiger partial charge in [0.1, 0.15) is 5.75 Å². The zero-order valence-corrected chi connectivity index (χ0v) is 20.0. The monoisotopic (exact) mass is 472 g/mol. The highest BCUT2D eigenvalue weighted by Crippen LogP contribution is 2.51. The van der Waals surface area contributed by atoms with Crippen LogP contribution in [0.3, 0.4) is 0 Å². The number of nitrogens with zero attached hydrogens (tertiary/aromatic N) is 1. The van der Waals surface area contributed by atoms with Crippen LogP contribution in [0.5, 0.6) is 5.75 Å². The average molecular weight is 473 g/mol. The van der Waals surface area contributed by atoms with Crippen molar-refractivity contribution in [1.29, 1.82) is 0 Å². The lowest BCUT2D eigenvalue weighted by molar-refractivity contribution is 0.326. The van der Waals surface area contributed by atoms with Gasteiger partial charge in [0.05, 0.1) is 23.2 Å². The van der Waals surface area contributed by atoms with Crippen molar-refractivity contribution in [2.45, 2.75) is 36.6 Å². The van der Waals surface area contributed by atoms with Crippen molar-refractivity contribution in [3.05, 3.63) is 95.6 Å². The van der Waals surface area contributed by atoms with Gasteiger partial charge in [0.25, 0.3) is 10.0 Å². The van der Waals surface area contributed by atoms with Gasteiger partial charge in [-0.15, -0.1) is 0 Å². The van der Waals surface area contributed by atoms with E-state index in [1.54, 1.807) is 10.4 Å². The molecule has 3 aromatic carbocycles. The van der Waals surface area contributed by atoms with Crippen LogP contribution in [0.25, 0.3) is 0 Å². The number of ether oxygens (including phenoxy) is 1. The van der Waals surface area contributed by atoms with E-state index in [-0.39, 0.29) is 12.0 Å². The number of nitrogens with one attached hydrogen (secondary N) is 1. The van der Waals surface area contributed by atoms with E-state index < -0.39 is 10.0 Å². The fraction of sp³-hybridized carbons (Fsp3) is 0.286. The van der Waals surface area contributed by atoms with Gasteiger partial charge in [-0.2, -0.15) is 0 Å². The summed E-state index contributed by atoms with van der Waals surface area (Å²) in [6, 6.07) is 21.6. The smallest absolute Gasteiger partial charge is 0.264 e. The Kier molecular flexibility index (Phi) is 5.14. The molecule has 0 fully saturated rings. The van der Waals surface area contributed by atoms with Crippen LogP contribution < -0.4 is 14.4 Å². The Morgan fingerprint density at radius 2 is 1.85 bits per heavy atom. The van der Waals surface area contributed by atoms with E-state index in [9.17, 15) is 8.42 Å². The molecule has 0 bridgehead atoms. The molecule has 3 atom stereocenters. The van der Waals surface area contributed by atoms with Gasteiger partial charge in [0, 0.05) is 23.7 Å². The van der Waals surface area contributed by atoms with Crippen molar-refractivity contribution < 1.29 is 13.2 Å². The molecule has 3 aliphatic rings. The predicted octanol–water partition coefficient (Wildman–Crippen LogP) is 5.66. The fourth-order valence-corrected chi connectivity index (χ4v) is 7.29. The van der Waals surface area contributed by atoms with Crippen molar-refractivity contribution in [2.75, 3.05) is 22.8 Å². The molecule has 0 spiro atoms. The minimum absolute atomic E-state index is 0.100. The Labute approximate surface area is 201 Å². The van der Waals surface area contributed by atoms with Crippen LogP contribution in [-0.4, -0.2) is 21.6 Å². The number of sulfonamides is 1. The Bertz CT molecular complexity index is 1380. The van der Waals surface area contributed by atoms with Gasteiger partial charge in [0.2, 0.25) is 0 Å². The van der Waals surface area contributed by atoms with Gasteiger partial charge in [-0.1, -0.05) is 48.6 Å². The Morgan fingerprint density at radius 1 is 1.03 bits per heavy atom. The molecule has 174 valence electrons. The van der Waals surface area contributed by atoms with Gasteiger partial charge in [-0.3, -0.25) is 4.31 Å². The predicted molar refractivity (Wildman–Crippen MR) is 135 cm³/mol. The molecule has 6 heteroatoms. The first-order valence-corrected chi connectivity index (χ1v) is 13.4. The molecule has 2 aliphatic heterocycles. The number of benzene rings is 3. The van der Waals surface area contributed by atoms with E-state index in [1.165, 1.54) is 0 Å². The summed E-state index contributed by atoms with van der Waals surface area (Å²) >= 11 is 0. The summed E-state index contributed by atoms with van der Waals surface area (Å²) < 4.78 is 34.8. The number of rotatable bonds is 5. The Hall–Kier alpha value is -3.25. The number of anilines is 2. The zero-order chi connectivity index (χ0) is 23.3. The van der Waals surface area contributed by atoms with Crippen LogP contribution in [0.15, 0.2) is 83.8 Å². The molecule has 0 amide bonds. The van der Waals surface area contributed by atoms with Crippen molar-refractivity contribution in [2.24, 2.45) is 5.92 Å². The molecule has 0 aromatic heterocycles. The summed E-state index contributed by atoms with van der Waals surface area (Å²) in [4.78, 5) is 0.358. The lowest BCUT2D eigenvalue weighted by Crippen LogP contribution is -2.31. The molecular weight excluding hydrogens is 444 g/mol. The first kappa shape index (κ1) is 21.3. The van der Waals surface area contributed by atoms with Gasteiger partial charge in [-0.25, -0.2) is 8.42 Å². The third-order valence-corrected chi connectivity index (χ3v) is 9.13. The summed E-state index contributed by atoms with van der Waals surface area (Å²) in [5, 5.41) is 3.72. The van der Waals surface area contributed by atoms with E-state index in [0.29, 0.717) is 24.0 Å². The highest BCUT2D eigenvalue weighted by atomic mass is 32.2. The normalized spacial score (nSPS) is 22.6. The summed E-state index contributed by atoms with van der Waals surface area (Å²) in [6.45, 7) is 3.10. The topological polar surface area (TPSA) is 58.6 Å². The van der Waals surface area contributed by atoms with Gasteiger partial charge in [0.15, 0.2) is 0 Å². The standard InChI is InChI=1S/C28H28N2O3S/c1-2-33-27-13-6-4-9-23(27)28-22-11-7-10-21(22)24-18-20(14-15-25(24)29-28)34(31,32)30-17-16-19-8-3-5-12-26(19)30/h3-10,12-15,18,21-22,28-29H,2,11,16-17H2,1H3. The summed E-state index contributed by atoms with van der Waals surface area (Å²) in [5.41, 5.74) is 5.08. The molecule has 0 radical (unpaired) electrons. The number of hydrogen-bond donors (Lipinski definition) is 1. The third-order valence-electron chi connectivity index (χ3n) is 7.32. The number of allylic oxidation sites excluding steroid dienone is 2. The Balaban J connectivity index is 1.38. The van der Waals surface area contributed by atoms with E-state index in [2.05, 4.69) is 29.6 Å². The summed E-state index contributed by atoms with van der Waals surface area (Å²) in [7, 11) is -3.63. The van der Waals surface area contributed by atoms with E-state index in [1.807, 2.05) is 55.5 Å². The molecular formula is C28H28N2O3S. The molecule has 5 nitrogen and oxygen atoms in total. The molecule has 0 saturated heterocycles. The molecule has 3 unspecified atom stereocenters. The highest BCUT2D eigenvalue weighted by molar-refractivity contribution is 7.92. The first-order valence-electron chi connectivity index (χ1n) is 12.0. The molecule has 1 N–H and O–H groups in total. The van der Waals surface area contributed by atoms with Crippen LogP contribution in [0.1, 0.15) is 42.0 Å². The molecule has 3 aromatic rings. The van der Waals surface area contributed by atoms with Crippen LogP contribution in [-0.2, 0) is 16.4 Å². The van der Waals surface area contributed by atoms with Crippen molar-refractivity contribution in [3.63, 3.8) is 0 Å². The van der Waals surface area contributed by atoms with Crippen molar-refractivity contribution >= 4 is 21.4 Å².